The van der Waals surface area contributed by atoms with E-state index in [1.807, 2.05) is 39.8 Å². The first-order valence-corrected chi connectivity index (χ1v) is 8.48. The molecule has 6 heteroatoms. The molecule has 0 unspecified atom stereocenters. The standard InChI is InChI=1S/C18H26BNO4/c1-17(2)18(3,4)24-19(23-17)13-9-12(16(21)20(5)6)10-15(11-13)22-14-7-8-14/h9-11,14H,7-8H2,1-6H3. The maximum Gasteiger partial charge on any atom is 0.494 e. The molecule has 1 aromatic carbocycles. The van der Waals surface area contributed by atoms with Crippen molar-refractivity contribution in [3.8, 4) is 5.75 Å². The van der Waals surface area contributed by atoms with Crippen LogP contribution in [0.1, 0.15) is 50.9 Å². The second-order valence-electron chi connectivity index (χ2n) is 7.90. The third-order valence-corrected chi connectivity index (χ3v) is 4.93. The van der Waals surface area contributed by atoms with Crippen molar-refractivity contribution in [1.82, 2.24) is 4.90 Å². The van der Waals surface area contributed by atoms with E-state index in [0.717, 1.165) is 18.3 Å². The van der Waals surface area contributed by atoms with E-state index < -0.39 is 18.3 Å². The highest BCUT2D eigenvalue weighted by molar-refractivity contribution is 6.62. The van der Waals surface area contributed by atoms with Gasteiger partial charge in [0.1, 0.15) is 5.75 Å². The van der Waals surface area contributed by atoms with Crippen LogP contribution in [0.15, 0.2) is 18.2 Å². The molecular weight excluding hydrogens is 305 g/mol. The van der Waals surface area contributed by atoms with Gasteiger partial charge in [0.2, 0.25) is 0 Å². The van der Waals surface area contributed by atoms with E-state index in [2.05, 4.69) is 0 Å². The number of amides is 1. The third-order valence-electron chi connectivity index (χ3n) is 4.93. The number of ether oxygens (including phenoxy) is 1. The fourth-order valence-corrected chi connectivity index (χ4v) is 2.57. The summed E-state index contributed by atoms with van der Waals surface area (Å²) in [5, 5.41) is 0. The fourth-order valence-electron chi connectivity index (χ4n) is 2.57. The quantitative estimate of drug-likeness (QED) is 0.794. The summed E-state index contributed by atoms with van der Waals surface area (Å²) < 4.78 is 18.2. The molecule has 0 N–H and O–H groups in total. The SMILES string of the molecule is CN(C)C(=O)c1cc(OC2CC2)cc(B2OC(C)(C)C(C)(C)O2)c1. The van der Waals surface area contributed by atoms with Crippen molar-refractivity contribution in [2.45, 2.75) is 57.8 Å². The van der Waals surface area contributed by atoms with Crippen molar-refractivity contribution >= 4 is 18.5 Å². The van der Waals surface area contributed by atoms with Crippen LogP contribution in [0.5, 0.6) is 5.75 Å². The number of carbonyl (C=O) groups is 1. The minimum absolute atomic E-state index is 0.0611. The summed E-state index contributed by atoms with van der Waals surface area (Å²) in [6.45, 7) is 8.07. The molecule has 1 saturated heterocycles. The molecule has 130 valence electrons. The topological polar surface area (TPSA) is 48.0 Å². The van der Waals surface area contributed by atoms with Gasteiger partial charge in [-0.25, -0.2) is 0 Å². The van der Waals surface area contributed by atoms with Crippen LogP contribution in [0, 0.1) is 0 Å². The van der Waals surface area contributed by atoms with Crippen molar-refractivity contribution in [3.05, 3.63) is 23.8 Å². The van der Waals surface area contributed by atoms with Crippen LogP contribution in [0.3, 0.4) is 0 Å². The smallest absolute Gasteiger partial charge is 0.490 e. The van der Waals surface area contributed by atoms with Crippen molar-refractivity contribution in [2.24, 2.45) is 0 Å². The molecule has 0 aromatic heterocycles. The normalized spacial score (nSPS) is 21.7. The lowest BCUT2D eigenvalue weighted by Crippen LogP contribution is -2.41. The summed E-state index contributed by atoms with van der Waals surface area (Å²) in [6, 6.07) is 5.56. The summed E-state index contributed by atoms with van der Waals surface area (Å²) in [4.78, 5) is 14.0. The molecular formula is C18H26BNO4. The molecule has 3 rings (SSSR count). The van der Waals surface area contributed by atoms with Gasteiger partial charge in [0.15, 0.2) is 0 Å². The Bertz CT molecular complexity index is 636. The van der Waals surface area contributed by atoms with Crippen LogP contribution in [0.25, 0.3) is 0 Å². The Labute approximate surface area is 144 Å². The van der Waals surface area contributed by atoms with E-state index in [-0.39, 0.29) is 12.0 Å². The molecule has 5 nitrogen and oxygen atoms in total. The molecule has 0 bridgehead atoms. The Kier molecular flexibility index (Phi) is 4.17. The predicted molar refractivity (Wildman–Crippen MR) is 93.8 cm³/mol. The van der Waals surface area contributed by atoms with E-state index >= 15 is 0 Å². The summed E-state index contributed by atoms with van der Waals surface area (Å²) in [5.74, 6) is 0.643. The van der Waals surface area contributed by atoms with Crippen LogP contribution in [0.2, 0.25) is 0 Å². The lowest BCUT2D eigenvalue weighted by molar-refractivity contribution is 0.00578. The van der Waals surface area contributed by atoms with E-state index in [4.69, 9.17) is 14.0 Å². The molecule has 2 aliphatic rings. The zero-order valence-electron chi connectivity index (χ0n) is 15.4. The minimum atomic E-state index is -0.508. The first-order valence-electron chi connectivity index (χ1n) is 8.48. The maximum atomic E-state index is 12.4. The maximum absolute atomic E-state index is 12.4. The highest BCUT2D eigenvalue weighted by Crippen LogP contribution is 2.37. The first kappa shape index (κ1) is 17.3. The highest BCUT2D eigenvalue weighted by atomic mass is 16.7. The van der Waals surface area contributed by atoms with Crippen LogP contribution in [-0.2, 0) is 9.31 Å². The van der Waals surface area contributed by atoms with Gasteiger partial charge in [0.05, 0.1) is 17.3 Å². The zero-order chi connectivity index (χ0) is 17.7. The number of rotatable bonds is 4. The molecule has 24 heavy (non-hydrogen) atoms. The largest absolute Gasteiger partial charge is 0.494 e. The Morgan fingerprint density at radius 3 is 2.21 bits per heavy atom. The Balaban J connectivity index is 1.94. The van der Waals surface area contributed by atoms with Crippen molar-refractivity contribution in [3.63, 3.8) is 0 Å². The van der Waals surface area contributed by atoms with E-state index in [1.165, 1.54) is 0 Å². The van der Waals surface area contributed by atoms with E-state index in [0.29, 0.717) is 11.3 Å². The summed E-state index contributed by atoms with van der Waals surface area (Å²) >= 11 is 0. The van der Waals surface area contributed by atoms with Crippen LogP contribution >= 0.6 is 0 Å². The lowest BCUT2D eigenvalue weighted by Gasteiger charge is -2.32. The fraction of sp³-hybridized carbons (Fsp3) is 0.611. The monoisotopic (exact) mass is 331 g/mol. The molecule has 1 heterocycles. The molecule has 0 spiro atoms. The predicted octanol–water partition coefficient (Wildman–Crippen LogP) is 2.23. The van der Waals surface area contributed by atoms with Gasteiger partial charge < -0.3 is 18.9 Å². The molecule has 1 aliphatic heterocycles. The molecule has 1 aromatic rings. The van der Waals surface area contributed by atoms with Gasteiger partial charge >= 0.3 is 7.12 Å². The molecule has 1 amide bonds. The Morgan fingerprint density at radius 2 is 1.71 bits per heavy atom. The second kappa shape index (κ2) is 5.78. The van der Waals surface area contributed by atoms with Gasteiger partial charge in [0.25, 0.3) is 5.91 Å². The molecule has 1 saturated carbocycles. The number of nitrogens with zero attached hydrogens (tertiary/aromatic N) is 1. The Hall–Kier alpha value is -1.53. The van der Waals surface area contributed by atoms with Crippen molar-refractivity contribution in [2.75, 3.05) is 14.1 Å². The van der Waals surface area contributed by atoms with Gasteiger partial charge in [0, 0.05) is 19.7 Å². The molecule has 0 radical (unpaired) electrons. The van der Waals surface area contributed by atoms with Crippen molar-refractivity contribution in [1.29, 1.82) is 0 Å². The zero-order valence-corrected chi connectivity index (χ0v) is 15.4. The van der Waals surface area contributed by atoms with Gasteiger partial charge in [-0.3, -0.25) is 4.79 Å². The average molecular weight is 331 g/mol. The molecule has 1 aliphatic carbocycles. The van der Waals surface area contributed by atoms with Crippen molar-refractivity contribution < 1.29 is 18.8 Å². The highest BCUT2D eigenvalue weighted by Gasteiger charge is 2.52. The average Bonchev–Trinajstić information content (AvgIpc) is 3.24. The van der Waals surface area contributed by atoms with Gasteiger partial charge in [-0.15, -0.1) is 0 Å². The summed E-state index contributed by atoms with van der Waals surface area (Å²) in [5.41, 5.74) is 0.563. The van der Waals surface area contributed by atoms with E-state index in [1.54, 1.807) is 25.1 Å². The van der Waals surface area contributed by atoms with Gasteiger partial charge in [-0.1, -0.05) is 0 Å². The van der Waals surface area contributed by atoms with Crippen LogP contribution in [-0.4, -0.2) is 49.3 Å². The van der Waals surface area contributed by atoms with Crippen LogP contribution < -0.4 is 10.2 Å². The first-order chi connectivity index (χ1) is 11.1. The number of benzene rings is 1. The molecule has 2 fully saturated rings. The number of hydrogen-bond acceptors (Lipinski definition) is 4. The third kappa shape index (κ3) is 3.30. The van der Waals surface area contributed by atoms with Crippen LogP contribution in [0.4, 0.5) is 0 Å². The van der Waals surface area contributed by atoms with Gasteiger partial charge in [-0.05, 0) is 64.2 Å². The van der Waals surface area contributed by atoms with Gasteiger partial charge in [-0.2, -0.15) is 0 Å². The lowest BCUT2D eigenvalue weighted by atomic mass is 9.78. The van der Waals surface area contributed by atoms with E-state index in [9.17, 15) is 4.79 Å². The Morgan fingerprint density at radius 1 is 1.12 bits per heavy atom. The number of carbonyl (C=O) groups excluding carboxylic acids is 1. The summed E-state index contributed by atoms with van der Waals surface area (Å²) in [6.07, 6.45) is 2.40. The minimum Gasteiger partial charge on any atom is -0.490 e. The number of hydrogen-bond donors (Lipinski definition) is 0. The molecule has 0 atom stereocenters. The summed E-state index contributed by atoms with van der Waals surface area (Å²) in [7, 11) is 2.97. The second-order valence-corrected chi connectivity index (χ2v) is 7.90.